The standard InChI is InChI=1S/C16H19N3O3S/c1-3-4-5-9-18(16-17-8-10-23-16)15(20)13-6-7-14(19(21)22)12(2)11-13/h6-8,10-11H,3-5,9H2,1-2H3. The molecule has 1 aromatic heterocycles. The minimum Gasteiger partial charge on any atom is -0.284 e. The molecule has 0 N–H and O–H groups in total. The van der Waals surface area contributed by atoms with E-state index in [9.17, 15) is 14.9 Å². The lowest BCUT2D eigenvalue weighted by atomic mass is 10.1. The molecule has 1 aromatic carbocycles. The molecule has 6 nitrogen and oxygen atoms in total. The van der Waals surface area contributed by atoms with Crippen LogP contribution in [0, 0.1) is 17.0 Å². The van der Waals surface area contributed by atoms with Gasteiger partial charge in [0.15, 0.2) is 5.13 Å². The normalized spacial score (nSPS) is 10.5. The van der Waals surface area contributed by atoms with Gasteiger partial charge in [-0.3, -0.25) is 19.8 Å². The van der Waals surface area contributed by atoms with E-state index in [0.29, 0.717) is 22.8 Å². The Balaban J connectivity index is 2.26. The number of rotatable bonds is 7. The van der Waals surface area contributed by atoms with Gasteiger partial charge in [0.1, 0.15) is 0 Å². The molecule has 7 heteroatoms. The number of nitro benzene ring substituents is 1. The second-order valence-electron chi connectivity index (χ2n) is 5.24. The van der Waals surface area contributed by atoms with E-state index in [2.05, 4.69) is 11.9 Å². The highest BCUT2D eigenvalue weighted by Crippen LogP contribution is 2.24. The number of hydrogen-bond acceptors (Lipinski definition) is 5. The first-order chi connectivity index (χ1) is 11.0. The summed E-state index contributed by atoms with van der Waals surface area (Å²) < 4.78 is 0. The summed E-state index contributed by atoms with van der Waals surface area (Å²) in [6, 6.07) is 4.46. The minimum absolute atomic E-state index is 0.0216. The van der Waals surface area contributed by atoms with Crippen molar-refractivity contribution in [2.45, 2.75) is 33.1 Å². The number of aromatic nitrogens is 1. The summed E-state index contributed by atoms with van der Waals surface area (Å²) in [5, 5.41) is 13.4. The van der Waals surface area contributed by atoms with Crippen molar-refractivity contribution in [3.63, 3.8) is 0 Å². The van der Waals surface area contributed by atoms with Crippen molar-refractivity contribution < 1.29 is 9.72 Å². The topological polar surface area (TPSA) is 76.3 Å². The predicted molar refractivity (Wildman–Crippen MR) is 91.1 cm³/mol. The fourth-order valence-corrected chi connectivity index (χ4v) is 2.97. The van der Waals surface area contributed by atoms with Gasteiger partial charge in [-0.05, 0) is 25.5 Å². The average Bonchev–Trinajstić information content (AvgIpc) is 3.04. The Labute approximate surface area is 138 Å². The van der Waals surface area contributed by atoms with Gasteiger partial charge in [-0.25, -0.2) is 4.98 Å². The van der Waals surface area contributed by atoms with Gasteiger partial charge in [0.2, 0.25) is 0 Å². The molecule has 1 heterocycles. The largest absolute Gasteiger partial charge is 0.284 e. The smallest absolute Gasteiger partial charge is 0.272 e. The maximum absolute atomic E-state index is 12.8. The van der Waals surface area contributed by atoms with Gasteiger partial charge in [-0.1, -0.05) is 19.8 Å². The van der Waals surface area contributed by atoms with Crippen LogP contribution in [0.4, 0.5) is 10.8 Å². The molecule has 0 aliphatic heterocycles. The van der Waals surface area contributed by atoms with Crippen molar-refractivity contribution in [2.75, 3.05) is 11.4 Å². The van der Waals surface area contributed by atoms with E-state index in [-0.39, 0.29) is 11.6 Å². The highest BCUT2D eigenvalue weighted by Gasteiger charge is 2.21. The van der Waals surface area contributed by atoms with Crippen molar-refractivity contribution in [2.24, 2.45) is 0 Å². The molecule has 0 saturated carbocycles. The molecule has 0 aliphatic carbocycles. The molecule has 122 valence electrons. The van der Waals surface area contributed by atoms with Crippen LogP contribution < -0.4 is 4.90 Å². The van der Waals surface area contributed by atoms with Gasteiger partial charge in [0.25, 0.3) is 11.6 Å². The van der Waals surface area contributed by atoms with Crippen LogP contribution in [0.3, 0.4) is 0 Å². The highest BCUT2D eigenvalue weighted by molar-refractivity contribution is 7.13. The third kappa shape index (κ3) is 4.13. The molecular formula is C16H19N3O3S. The van der Waals surface area contributed by atoms with Crippen LogP contribution in [0.1, 0.15) is 42.1 Å². The van der Waals surface area contributed by atoms with Crippen molar-refractivity contribution in [1.82, 2.24) is 4.98 Å². The summed E-state index contributed by atoms with van der Waals surface area (Å²) in [5.74, 6) is -0.172. The zero-order chi connectivity index (χ0) is 16.8. The lowest BCUT2D eigenvalue weighted by molar-refractivity contribution is -0.385. The Morgan fingerprint density at radius 3 is 2.74 bits per heavy atom. The van der Waals surface area contributed by atoms with Crippen molar-refractivity contribution in [3.05, 3.63) is 51.0 Å². The number of carbonyl (C=O) groups excluding carboxylic acids is 1. The fourth-order valence-electron chi connectivity index (χ4n) is 2.30. The molecular weight excluding hydrogens is 314 g/mol. The number of nitro groups is 1. The zero-order valence-electron chi connectivity index (χ0n) is 13.2. The number of nitrogens with zero attached hydrogens (tertiary/aromatic N) is 3. The number of anilines is 1. The molecule has 0 fully saturated rings. The van der Waals surface area contributed by atoms with E-state index < -0.39 is 4.92 Å². The van der Waals surface area contributed by atoms with Crippen LogP contribution in [0.5, 0.6) is 0 Å². The van der Waals surface area contributed by atoms with Gasteiger partial charge in [-0.15, -0.1) is 11.3 Å². The number of aryl methyl sites for hydroxylation is 1. The quantitative estimate of drug-likeness (QED) is 0.432. The van der Waals surface area contributed by atoms with Gasteiger partial charge in [0.05, 0.1) is 4.92 Å². The number of hydrogen-bond donors (Lipinski definition) is 0. The van der Waals surface area contributed by atoms with Gasteiger partial charge in [0, 0.05) is 35.3 Å². The number of thiazole rings is 1. The molecule has 0 bridgehead atoms. The molecule has 0 atom stereocenters. The molecule has 0 radical (unpaired) electrons. The van der Waals surface area contributed by atoms with Crippen LogP contribution in [-0.2, 0) is 0 Å². The first-order valence-corrected chi connectivity index (χ1v) is 8.39. The van der Waals surface area contributed by atoms with Crippen LogP contribution in [0.15, 0.2) is 29.8 Å². The maximum atomic E-state index is 12.8. The summed E-state index contributed by atoms with van der Waals surface area (Å²) in [4.78, 5) is 29.1. The molecule has 0 unspecified atom stereocenters. The predicted octanol–water partition coefficient (Wildman–Crippen LogP) is 4.20. The summed E-state index contributed by atoms with van der Waals surface area (Å²) in [6.45, 7) is 4.34. The number of carbonyl (C=O) groups is 1. The van der Waals surface area contributed by atoms with Crippen molar-refractivity contribution in [1.29, 1.82) is 0 Å². The molecule has 0 aliphatic rings. The SMILES string of the molecule is CCCCCN(C(=O)c1ccc([N+](=O)[O-])c(C)c1)c1nccs1. The average molecular weight is 333 g/mol. The molecule has 0 saturated heterocycles. The molecule has 1 amide bonds. The zero-order valence-corrected chi connectivity index (χ0v) is 14.0. The van der Waals surface area contributed by atoms with Crippen LogP contribution in [0.25, 0.3) is 0 Å². The van der Waals surface area contributed by atoms with E-state index in [0.717, 1.165) is 19.3 Å². The van der Waals surface area contributed by atoms with Crippen LogP contribution >= 0.6 is 11.3 Å². The monoisotopic (exact) mass is 333 g/mol. The van der Waals surface area contributed by atoms with Crippen molar-refractivity contribution in [3.8, 4) is 0 Å². The van der Waals surface area contributed by atoms with E-state index in [1.54, 1.807) is 24.1 Å². The summed E-state index contributed by atoms with van der Waals surface area (Å²) >= 11 is 1.41. The lowest BCUT2D eigenvalue weighted by Crippen LogP contribution is -2.32. The van der Waals surface area contributed by atoms with Crippen LogP contribution in [0.2, 0.25) is 0 Å². The Kier molecular flexibility index (Phi) is 5.81. The van der Waals surface area contributed by atoms with Gasteiger partial charge in [-0.2, -0.15) is 0 Å². The van der Waals surface area contributed by atoms with E-state index in [1.165, 1.54) is 23.5 Å². The second kappa shape index (κ2) is 7.82. The highest BCUT2D eigenvalue weighted by atomic mass is 32.1. The Morgan fingerprint density at radius 1 is 1.39 bits per heavy atom. The summed E-state index contributed by atoms with van der Waals surface area (Å²) in [7, 11) is 0. The van der Waals surface area contributed by atoms with Gasteiger partial charge < -0.3 is 0 Å². The molecule has 23 heavy (non-hydrogen) atoms. The first kappa shape index (κ1) is 17.1. The number of amides is 1. The third-order valence-electron chi connectivity index (χ3n) is 3.52. The number of unbranched alkanes of at least 4 members (excludes halogenated alkanes) is 2. The first-order valence-electron chi connectivity index (χ1n) is 7.51. The van der Waals surface area contributed by atoms with Crippen molar-refractivity contribution >= 4 is 28.1 Å². The fraction of sp³-hybridized carbons (Fsp3) is 0.375. The van der Waals surface area contributed by atoms with E-state index in [1.807, 2.05) is 5.38 Å². The molecule has 0 spiro atoms. The number of benzene rings is 1. The maximum Gasteiger partial charge on any atom is 0.272 e. The van der Waals surface area contributed by atoms with E-state index >= 15 is 0 Å². The van der Waals surface area contributed by atoms with Crippen LogP contribution in [-0.4, -0.2) is 22.4 Å². The lowest BCUT2D eigenvalue weighted by Gasteiger charge is -2.20. The second-order valence-corrected chi connectivity index (χ2v) is 6.11. The minimum atomic E-state index is -0.441. The Hall–Kier alpha value is -2.28. The molecule has 2 aromatic rings. The van der Waals surface area contributed by atoms with Gasteiger partial charge >= 0.3 is 0 Å². The molecule has 2 rings (SSSR count). The summed E-state index contributed by atoms with van der Waals surface area (Å²) in [6.07, 6.45) is 4.67. The Bertz CT molecular complexity index is 686. The summed E-state index contributed by atoms with van der Waals surface area (Å²) in [5.41, 5.74) is 0.946. The third-order valence-corrected chi connectivity index (χ3v) is 4.32. The Morgan fingerprint density at radius 2 is 2.17 bits per heavy atom. The van der Waals surface area contributed by atoms with E-state index in [4.69, 9.17) is 0 Å².